The summed E-state index contributed by atoms with van der Waals surface area (Å²) in [6.07, 6.45) is -4.83. The molecule has 0 N–H and O–H groups in total. The second kappa shape index (κ2) is 4.09. The molecule has 0 saturated heterocycles. The van der Waals surface area contributed by atoms with Crippen LogP contribution in [0.5, 0.6) is 0 Å². The lowest BCUT2D eigenvalue weighted by molar-refractivity contribution is -0.388. The van der Waals surface area contributed by atoms with E-state index < -0.39 is 26.8 Å². The van der Waals surface area contributed by atoms with Gasteiger partial charge in [0, 0.05) is 0 Å². The highest BCUT2D eigenvalue weighted by Gasteiger charge is 2.40. The summed E-state index contributed by atoms with van der Waals surface area (Å²) in [5.74, 6) is 0. The van der Waals surface area contributed by atoms with Gasteiger partial charge >= 0.3 is 6.18 Å². The molecule has 0 atom stereocenters. The van der Waals surface area contributed by atoms with Crippen molar-refractivity contribution in [3.8, 4) is 6.07 Å². The van der Waals surface area contributed by atoms with Crippen LogP contribution in [0.25, 0.3) is 0 Å². The molecule has 0 aliphatic rings. The summed E-state index contributed by atoms with van der Waals surface area (Å²) >= 11 is 2.62. The van der Waals surface area contributed by atoms with Crippen molar-refractivity contribution in [2.24, 2.45) is 0 Å². The standard InChI is InChI=1S/C8H2BrF3N2O2/c9-6-4(3-13)1-2-5(8(10,11)12)7(6)14(15)16/h1-2H. The van der Waals surface area contributed by atoms with E-state index in [4.69, 9.17) is 5.26 Å². The normalized spacial score (nSPS) is 10.9. The van der Waals surface area contributed by atoms with Gasteiger partial charge in [0.15, 0.2) is 0 Å². The van der Waals surface area contributed by atoms with Crippen molar-refractivity contribution in [1.29, 1.82) is 5.26 Å². The summed E-state index contributed by atoms with van der Waals surface area (Å²) in [6.45, 7) is 0. The van der Waals surface area contributed by atoms with E-state index in [1.54, 1.807) is 6.07 Å². The first-order chi connectivity index (χ1) is 7.29. The molecule has 16 heavy (non-hydrogen) atoms. The molecular weight excluding hydrogens is 293 g/mol. The number of halogens is 4. The molecule has 0 unspecified atom stereocenters. The Morgan fingerprint density at radius 1 is 1.44 bits per heavy atom. The topological polar surface area (TPSA) is 66.9 Å². The highest BCUT2D eigenvalue weighted by Crippen LogP contribution is 2.41. The van der Waals surface area contributed by atoms with E-state index in [1.165, 1.54) is 0 Å². The molecule has 0 aliphatic heterocycles. The van der Waals surface area contributed by atoms with Crippen LogP contribution in [0.4, 0.5) is 18.9 Å². The van der Waals surface area contributed by atoms with Crippen molar-refractivity contribution < 1.29 is 18.1 Å². The predicted octanol–water partition coefficient (Wildman–Crippen LogP) is 3.25. The van der Waals surface area contributed by atoms with Gasteiger partial charge in [-0.1, -0.05) is 0 Å². The maximum absolute atomic E-state index is 12.4. The van der Waals surface area contributed by atoms with Crippen molar-refractivity contribution in [2.75, 3.05) is 0 Å². The zero-order chi connectivity index (χ0) is 12.5. The van der Waals surface area contributed by atoms with Gasteiger partial charge in [0.2, 0.25) is 0 Å². The molecule has 0 amide bonds. The molecule has 0 fully saturated rings. The van der Waals surface area contributed by atoms with Crippen LogP contribution in [-0.4, -0.2) is 4.92 Å². The highest BCUT2D eigenvalue weighted by molar-refractivity contribution is 9.10. The minimum absolute atomic E-state index is 0.222. The molecule has 1 aromatic rings. The maximum atomic E-state index is 12.4. The van der Waals surface area contributed by atoms with E-state index in [0.29, 0.717) is 6.07 Å². The monoisotopic (exact) mass is 294 g/mol. The molecule has 1 aromatic carbocycles. The third kappa shape index (κ3) is 2.14. The van der Waals surface area contributed by atoms with Crippen LogP contribution >= 0.6 is 15.9 Å². The largest absolute Gasteiger partial charge is 0.423 e. The van der Waals surface area contributed by atoms with Crippen LogP contribution in [0.3, 0.4) is 0 Å². The third-order valence-electron chi connectivity index (χ3n) is 1.72. The molecule has 1 rings (SSSR count). The smallest absolute Gasteiger partial charge is 0.258 e. The van der Waals surface area contributed by atoms with E-state index >= 15 is 0 Å². The van der Waals surface area contributed by atoms with Gasteiger partial charge in [-0.2, -0.15) is 18.4 Å². The summed E-state index contributed by atoms with van der Waals surface area (Å²) < 4.78 is 36.8. The van der Waals surface area contributed by atoms with Crippen LogP contribution in [0.2, 0.25) is 0 Å². The summed E-state index contributed by atoms with van der Waals surface area (Å²) in [6, 6.07) is 2.94. The average molecular weight is 295 g/mol. The Kier molecular flexibility index (Phi) is 3.19. The number of hydrogen-bond acceptors (Lipinski definition) is 3. The fraction of sp³-hybridized carbons (Fsp3) is 0.125. The number of benzene rings is 1. The first kappa shape index (κ1) is 12.4. The van der Waals surface area contributed by atoms with Crippen LogP contribution in [-0.2, 0) is 6.18 Å². The minimum atomic E-state index is -4.83. The second-order valence-electron chi connectivity index (χ2n) is 2.69. The zero-order valence-electron chi connectivity index (χ0n) is 7.38. The number of nitro benzene ring substituents is 1. The lowest BCUT2D eigenvalue weighted by Gasteiger charge is -2.08. The summed E-state index contributed by atoms with van der Waals surface area (Å²) in [4.78, 5) is 9.35. The molecule has 0 aliphatic carbocycles. The first-order valence-corrected chi connectivity index (χ1v) is 4.52. The Labute approximate surface area is 95.6 Å². The number of rotatable bonds is 1. The van der Waals surface area contributed by atoms with Gasteiger partial charge in [-0.25, -0.2) is 0 Å². The molecule has 4 nitrogen and oxygen atoms in total. The lowest BCUT2D eigenvalue weighted by atomic mass is 10.1. The molecule has 0 heterocycles. The SMILES string of the molecule is N#Cc1ccc(C(F)(F)F)c([N+](=O)[O-])c1Br. The van der Waals surface area contributed by atoms with Gasteiger partial charge in [-0.15, -0.1) is 0 Å². The van der Waals surface area contributed by atoms with Gasteiger partial charge in [0.1, 0.15) is 16.1 Å². The molecule has 8 heteroatoms. The molecule has 0 spiro atoms. The number of nitro groups is 1. The quantitative estimate of drug-likeness (QED) is 0.590. The first-order valence-electron chi connectivity index (χ1n) is 3.73. The van der Waals surface area contributed by atoms with E-state index in [2.05, 4.69) is 15.9 Å². The summed E-state index contributed by atoms with van der Waals surface area (Å²) in [5, 5.41) is 19.1. The molecule has 0 radical (unpaired) electrons. The molecule has 0 saturated carbocycles. The number of nitrogens with zero attached hydrogens (tertiary/aromatic N) is 2. The van der Waals surface area contributed by atoms with Crippen molar-refractivity contribution in [3.05, 3.63) is 37.8 Å². The van der Waals surface area contributed by atoms with Gasteiger partial charge in [-0.3, -0.25) is 10.1 Å². The van der Waals surface area contributed by atoms with Gasteiger partial charge in [0.25, 0.3) is 5.69 Å². The fourth-order valence-electron chi connectivity index (χ4n) is 1.06. The van der Waals surface area contributed by atoms with E-state index in [1.807, 2.05) is 0 Å². The van der Waals surface area contributed by atoms with Crippen LogP contribution in [0, 0.1) is 21.4 Å². The molecule has 84 valence electrons. The Balaban J connectivity index is 3.62. The van der Waals surface area contributed by atoms with Crippen LogP contribution in [0.1, 0.15) is 11.1 Å². The number of hydrogen-bond donors (Lipinski definition) is 0. The van der Waals surface area contributed by atoms with Crippen molar-refractivity contribution >= 4 is 21.6 Å². The van der Waals surface area contributed by atoms with Crippen molar-refractivity contribution in [3.63, 3.8) is 0 Å². The Bertz CT molecular complexity index is 493. The third-order valence-corrected chi connectivity index (χ3v) is 2.53. The van der Waals surface area contributed by atoms with Crippen LogP contribution < -0.4 is 0 Å². The average Bonchev–Trinajstić information content (AvgIpc) is 2.15. The fourth-order valence-corrected chi connectivity index (χ4v) is 1.64. The molecule has 0 bridgehead atoms. The minimum Gasteiger partial charge on any atom is -0.258 e. The zero-order valence-corrected chi connectivity index (χ0v) is 8.96. The number of alkyl halides is 3. The van der Waals surface area contributed by atoms with Crippen molar-refractivity contribution in [2.45, 2.75) is 6.18 Å². The van der Waals surface area contributed by atoms with Gasteiger partial charge in [0.05, 0.1) is 10.5 Å². The van der Waals surface area contributed by atoms with E-state index in [-0.39, 0.29) is 5.56 Å². The lowest BCUT2D eigenvalue weighted by Crippen LogP contribution is -2.09. The predicted molar refractivity (Wildman–Crippen MR) is 50.5 cm³/mol. The summed E-state index contributed by atoms with van der Waals surface area (Å²) in [5.41, 5.74) is -2.75. The highest BCUT2D eigenvalue weighted by atomic mass is 79.9. The number of nitriles is 1. The van der Waals surface area contributed by atoms with Gasteiger partial charge < -0.3 is 0 Å². The van der Waals surface area contributed by atoms with Crippen LogP contribution in [0.15, 0.2) is 16.6 Å². The second-order valence-corrected chi connectivity index (χ2v) is 3.48. The molecule has 0 aromatic heterocycles. The van der Waals surface area contributed by atoms with Gasteiger partial charge in [-0.05, 0) is 28.1 Å². The van der Waals surface area contributed by atoms with Crippen molar-refractivity contribution in [1.82, 2.24) is 0 Å². The Morgan fingerprint density at radius 3 is 2.38 bits per heavy atom. The Morgan fingerprint density at radius 2 is 2.00 bits per heavy atom. The van der Waals surface area contributed by atoms with E-state index in [9.17, 15) is 23.3 Å². The maximum Gasteiger partial charge on any atom is 0.423 e. The Hall–Kier alpha value is -1.62. The summed E-state index contributed by atoms with van der Waals surface area (Å²) in [7, 11) is 0. The van der Waals surface area contributed by atoms with E-state index in [0.717, 1.165) is 6.07 Å². The molecular formula is C8H2BrF3N2O2.